The number of rotatable bonds is 3. The maximum atomic E-state index is 12.5. The fourth-order valence-corrected chi connectivity index (χ4v) is 2.99. The van der Waals surface area contributed by atoms with Crippen LogP contribution in [0.2, 0.25) is 0 Å². The largest absolute Gasteiger partial charge is 0.482 e. The number of nitrogens with one attached hydrogen (secondary N) is 1. The number of ether oxygens (including phenoxy) is 2. The van der Waals surface area contributed by atoms with E-state index in [-0.39, 0.29) is 12.2 Å². The van der Waals surface area contributed by atoms with Gasteiger partial charge in [0.1, 0.15) is 5.75 Å². The summed E-state index contributed by atoms with van der Waals surface area (Å²) in [5, 5.41) is 8.47. The van der Waals surface area contributed by atoms with Gasteiger partial charge < -0.3 is 14.4 Å². The number of hydrogen-bond donors (Lipinski definition) is 2. The predicted molar refractivity (Wildman–Crippen MR) is 86.3 cm³/mol. The summed E-state index contributed by atoms with van der Waals surface area (Å²) in [6.07, 6.45) is 2.41. The van der Waals surface area contributed by atoms with E-state index in [0.29, 0.717) is 36.6 Å². The van der Waals surface area contributed by atoms with Crippen molar-refractivity contribution >= 4 is 23.9 Å². The van der Waals surface area contributed by atoms with Gasteiger partial charge >= 0.3 is 6.09 Å². The van der Waals surface area contributed by atoms with Gasteiger partial charge in [-0.3, -0.25) is 14.8 Å². The summed E-state index contributed by atoms with van der Waals surface area (Å²) in [5.74, 6) is -0.275. The molecule has 0 aliphatic carbocycles. The van der Waals surface area contributed by atoms with Crippen LogP contribution in [0.4, 0.5) is 4.79 Å². The van der Waals surface area contributed by atoms with Crippen molar-refractivity contribution in [2.45, 2.75) is 18.9 Å². The first-order valence-corrected chi connectivity index (χ1v) is 7.86. The molecule has 25 heavy (non-hydrogen) atoms. The van der Waals surface area contributed by atoms with Crippen molar-refractivity contribution in [3.05, 3.63) is 35.4 Å². The van der Waals surface area contributed by atoms with Crippen molar-refractivity contribution in [2.24, 2.45) is 0 Å². The molecular formula is C17H18N2O6. The van der Waals surface area contributed by atoms with Crippen LogP contribution in [0, 0.1) is 0 Å². The van der Waals surface area contributed by atoms with Gasteiger partial charge in [0.25, 0.3) is 5.91 Å². The monoisotopic (exact) mass is 346 g/mol. The van der Waals surface area contributed by atoms with Gasteiger partial charge in [0.15, 0.2) is 11.4 Å². The lowest BCUT2D eigenvalue weighted by Gasteiger charge is -2.50. The molecule has 1 saturated heterocycles. The summed E-state index contributed by atoms with van der Waals surface area (Å²) in [7, 11) is 0. The number of amides is 2. The fraction of sp³-hybridized carbons (Fsp3) is 0.353. The average Bonchev–Trinajstić information content (AvgIpc) is 2.57. The molecule has 2 N–H and O–H groups in total. The molecule has 0 bridgehead atoms. The van der Waals surface area contributed by atoms with Gasteiger partial charge in [0.2, 0.25) is 0 Å². The molecular weight excluding hydrogens is 328 g/mol. The average molecular weight is 346 g/mol. The number of nitrogens with zero attached hydrogens (tertiary/aromatic N) is 1. The number of fused-ring (bicyclic) bond motifs is 1. The van der Waals surface area contributed by atoms with E-state index in [0.717, 1.165) is 6.08 Å². The summed E-state index contributed by atoms with van der Waals surface area (Å²) in [5.41, 5.74) is 1.88. The van der Waals surface area contributed by atoms with Gasteiger partial charge in [0, 0.05) is 6.08 Å². The number of likely N-dealkylation sites (tertiary alicyclic amines) is 1. The quantitative estimate of drug-likeness (QED) is 0.487. The van der Waals surface area contributed by atoms with Crippen LogP contribution in [-0.2, 0) is 9.53 Å². The summed E-state index contributed by atoms with van der Waals surface area (Å²) in [4.78, 5) is 36.7. The molecule has 2 aliphatic rings. The van der Waals surface area contributed by atoms with E-state index in [1.165, 1.54) is 16.5 Å². The number of carbonyl (C=O) groups is 3. The molecule has 1 aromatic rings. The van der Waals surface area contributed by atoms with Crippen molar-refractivity contribution in [2.75, 3.05) is 19.7 Å². The molecule has 3 rings (SSSR count). The zero-order chi connectivity index (χ0) is 18.0. The Bertz CT molecular complexity index is 752. The van der Waals surface area contributed by atoms with Gasteiger partial charge in [-0.1, -0.05) is 6.07 Å². The van der Waals surface area contributed by atoms with Gasteiger partial charge in [-0.25, -0.2) is 10.3 Å². The van der Waals surface area contributed by atoms with Crippen LogP contribution in [0.5, 0.6) is 5.75 Å². The maximum absolute atomic E-state index is 12.5. The molecule has 2 aliphatic heterocycles. The molecule has 2 amide bonds. The Morgan fingerprint density at radius 3 is 2.88 bits per heavy atom. The van der Waals surface area contributed by atoms with Gasteiger partial charge in [-0.05, 0) is 30.7 Å². The first-order valence-electron chi connectivity index (χ1n) is 7.86. The predicted octanol–water partition coefficient (Wildman–Crippen LogP) is 1.38. The topological polar surface area (TPSA) is 105 Å². The lowest BCUT2D eigenvalue weighted by atomic mass is 9.83. The van der Waals surface area contributed by atoms with Crippen LogP contribution in [0.15, 0.2) is 24.3 Å². The summed E-state index contributed by atoms with van der Waals surface area (Å²) >= 11 is 0. The molecule has 1 aromatic carbocycles. The van der Waals surface area contributed by atoms with Gasteiger partial charge in [0.05, 0.1) is 31.7 Å². The Morgan fingerprint density at radius 1 is 1.44 bits per heavy atom. The second-order valence-electron chi connectivity index (χ2n) is 6.00. The molecule has 0 radical (unpaired) electrons. The van der Waals surface area contributed by atoms with Crippen LogP contribution in [0.25, 0.3) is 6.08 Å². The number of carbonyl (C=O) groups excluding carboxylic acids is 3. The molecule has 2 heterocycles. The second kappa shape index (κ2) is 6.56. The van der Waals surface area contributed by atoms with Gasteiger partial charge in [-0.2, -0.15) is 0 Å². The highest BCUT2D eigenvalue weighted by Crippen LogP contribution is 2.39. The smallest absolute Gasteiger partial charge is 0.410 e. The number of hydroxylamine groups is 1. The Morgan fingerprint density at radius 2 is 2.20 bits per heavy atom. The molecule has 0 aromatic heterocycles. The molecule has 132 valence electrons. The van der Waals surface area contributed by atoms with Crippen LogP contribution in [-0.4, -0.2) is 53.2 Å². The van der Waals surface area contributed by atoms with Crippen molar-refractivity contribution in [3.8, 4) is 5.75 Å². The standard InChI is InChI=1S/C17H18N2O6/c1-2-24-16(22)19-9-17(10-19)8-13(20)12-7-11(3-5-14(12)25-17)4-6-15(21)18-23/h3-7,23H,2,8-10H2,1H3,(H,18,21)/b6-4+. The summed E-state index contributed by atoms with van der Waals surface area (Å²) in [6.45, 7) is 2.67. The minimum absolute atomic E-state index is 0.0772. The lowest BCUT2D eigenvalue weighted by molar-refractivity contribution is -0.124. The normalized spacial score (nSPS) is 17.7. The third kappa shape index (κ3) is 3.34. The minimum Gasteiger partial charge on any atom is -0.482 e. The second-order valence-corrected chi connectivity index (χ2v) is 6.00. The van der Waals surface area contributed by atoms with Crippen molar-refractivity contribution in [1.29, 1.82) is 0 Å². The Hall–Kier alpha value is -2.87. The van der Waals surface area contributed by atoms with E-state index in [1.807, 2.05) is 0 Å². The van der Waals surface area contributed by atoms with Crippen LogP contribution in [0.3, 0.4) is 0 Å². The molecule has 1 spiro atoms. The highest BCUT2D eigenvalue weighted by Gasteiger charge is 2.52. The number of hydrogen-bond acceptors (Lipinski definition) is 6. The summed E-state index contributed by atoms with van der Waals surface area (Å²) < 4.78 is 10.9. The van der Waals surface area contributed by atoms with E-state index < -0.39 is 17.6 Å². The fourth-order valence-electron chi connectivity index (χ4n) is 2.99. The highest BCUT2D eigenvalue weighted by molar-refractivity contribution is 6.01. The zero-order valence-corrected chi connectivity index (χ0v) is 13.7. The minimum atomic E-state index is -0.690. The third-order valence-corrected chi connectivity index (χ3v) is 4.13. The van der Waals surface area contributed by atoms with Crippen LogP contribution in [0.1, 0.15) is 29.3 Å². The van der Waals surface area contributed by atoms with E-state index in [1.54, 1.807) is 25.1 Å². The number of benzene rings is 1. The van der Waals surface area contributed by atoms with E-state index in [4.69, 9.17) is 14.7 Å². The molecule has 8 heteroatoms. The van der Waals surface area contributed by atoms with Gasteiger partial charge in [-0.15, -0.1) is 0 Å². The number of ketones is 1. The van der Waals surface area contributed by atoms with Crippen molar-refractivity contribution in [3.63, 3.8) is 0 Å². The summed E-state index contributed by atoms with van der Waals surface area (Å²) in [6, 6.07) is 5.00. The van der Waals surface area contributed by atoms with Crippen LogP contribution < -0.4 is 10.2 Å². The van der Waals surface area contributed by atoms with E-state index in [2.05, 4.69) is 0 Å². The Balaban J connectivity index is 1.73. The molecule has 0 saturated carbocycles. The molecule has 8 nitrogen and oxygen atoms in total. The number of Topliss-reactive ketones (excluding diaryl/α,β-unsaturated/α-hetero) is 1. The van der Waals surface area contributed by atoms with E-state index in [9.17, 15) is 14.4 Å². The Kier molecular flexibility index (Phi) is 4.45. The van der Waals surface area contributed by atoms with E-state index >= 15 is 0 Å². The molecule has 1 fully saturated rings. The SMILES string of the molecule is CCOC(=O)N1CC2(CC(=O)c3cc(/C=C/C(=O)NO)ccc3O2)C1. The highest BCUT2D eigenvalue weighted by atomic mass is 16.6. The molecule has 0 unspecified atom stereocenters. The third-order valence-electron chi connectivity index (χ3n) is 4.13. The maximum Gasteiger partial charge on any atom is 0.410 e. The van der Waals surface area contributed by atoms with Crippen LogP contribution >= 0.6 is 0 Å². The first kappa shape index (κ1) is 17.0. The molecule has 0 atom stereocenters. The van der Waals surface area contributed by atoms with Crippen molar-refractivity contribution in [1.82, 2.24) is 10.4 Å². The lowest BCUT2D eigenvalue weighted by Crippen LogP contribution is -2.68. The first-order chi connectivity index (χ1) is 12.0. The van der Waals surface area contributed by atoms with Crippen molar-refractivity contribution < 1.29 is 29.1 Å². The zero-order valence-electron chi connectivity index (χ0n) is 13.7. The Labute approximate surface area is 144 Å².